The average Bonchev–Trinajstić information content (AvgIpc) is 2.91. The van der Waals surface area contributed by atoms with Gasteiger partial charge in [0.05, 0.1) is 6.54 Å². The number of nitrogens with one attached hydrogen (secondary N) is 1. The molecule has 3 nitrogen and oxygen atoms in total. The predicted molar refractivity (Wildman–Crippen MR) is 76.8 cm³/mol. The molecule has 0 bridgehead atoms. The highest BCUT2D eigenvalue weighted by atomic mass is 32.2. The van der Waals surface area contributed by atoms with Crippen molar-refractivity contribution in [3.05, 3.63) is 0 Å². The van der Waals surface area contributed by atoms with E-state index in [1.807, 2.05) is 11.8 Å². The molecule has 0 aromatic heterocycles. The van der Waals surface area contributed by atoms with Crippen LogP contribution >= 0.6 is 11.8 Å². The molecule has 0 aromatic carbocycles. The zero-order chi connectivity index (χ0) is 12.3. The van der Waals surface area contributed by atoms with Crippen LogP contribution in [0, 0.1) is 5.92 Å². The first-order valence-corrected chi connectivity index (χ1v) is 7.77. The molecule has 0 spiro atoms. The van der Waals surface area contributed by atoms with E-state index in [2.05, 4.69) is 36.1 Å². The van der Waals surface area contributed by atoms with Gasteiger partial charge in [-0.15, -0.1) is 0 Å². The summed E-state index contributed by atoms with van der Waals surface area (Å²) in [6, 6.07) is 0.617. The number of likely N-dealkylation sites (N-methyl/N-ethyl adjacent to an activating group) is 1. The van der Waals surface area contributed by atoms with E-state index in [0.29, 0.717) is 11.3 Å². The smallest absolute Gasteiger partial charge is 0.157 e. The van der Waals surface area contributed by atoms with Crippen LogP contribution in [0.15, 0.2) is 4.99 Å². The summed E-state index contributed by atoms with van der Waals surface area (Å²) >= 11 is 1.98. The molecule has 2 rings (SSSR count). The average molecular weight is 255 g/mol. The predicted octanol–water partition coefficient (Wildman–Crippen LogP) is 2.19. The molecule has 0 amide bonds. The molecule has 2 heterocycles. The van der Waals surface area contributed by atoms with Crippen LogP contribution in [-0.4, -0.2) is 48.0 Å². The van der Waals surface area contributed by atoms with Crippen molar-refractivity contribution in [3.63, 3.8) is 0 Å². The number of nitrogens with zero attached hydrogens (tertiary/aromatic N) is 2. The Hall–Kier alpha value is -0.220. The van der Waals surface area contributed by atoms with E-state index in [1.165, 1.54) is 31.0 Å². The Morgan fingerprint density at radius 3 is 2.82 bits per heavy atom. The Morgan fingerprint density at radius 1 is 1.47 bits per heavy atom. The molecule has 0 aromatic rings. The van der Waals surface area contributed by atoms with Crippen molar-refractivity contribution < 1.29 is 0 Å². The van der Waals surface area contributed by atoms with Crippen molar-refractivity contribution >= 4 is 16.9 Å². The minimum Gasteiger partial charge on any atom is -0.361 e. The number of rotatable bonds is 4. The minimum absolute atomic E-state index is 0.617. The van der Waals surface area contributed by atoms with E-state index >= 15 is 0 Å². The summed E-state index contributed by atoms with van der Waals surface area (Å²) in [5, 5.41) is 5.52. The summed E-state index contributed by atoms with van der Waals surface area (Å²) in [6.07, 6.45) is 3.82. The first-order chi connectivity index (χ1) is 8.22. The Kier molecular flexibility index (Phi) is 4.74. The maximum absolute atomic E-state index is 4.67. The molecular weight excluding hydrogens is 230 g/mol. The second-order valence-corrected chi connectivity index (χ2v) is 6.50. The van der Waals surface area contributed by atoms with Crippen LogP contribution in [0.1, 0.15) is 33.1 Å². The third-order valence-corrected chi connectivity index (χ3v) is 5.28. The first kappa shape index (κ1) is 13.2. The van der Waals surface area contributed by atoms with Gasteiger partial charge in [-0.25, -0.2) is 0 Å². The van der Waals surface area contributed by atoms with E-state index in [0.717, 1.165) is 19.0 Å². The molecule has 0 aliphatic carbocycles. The lowest BCUT2D eigenvalue weighted by Gasteiger charge is -2.19. The fourth-order valence-corrected chi connectivity index (χ4v) is 4.15. The number of hydrogen-bond donors (Lipinski definition) is 1. The maximum atomic E-state index is 4.67. The Balaban J connectivity index is 1.77. The number of thioether (sulfide) groups is 1. The molecule has 4 heteroatoms. The Labute approximate surface area is 109 Å². The van der Waals surface area contributed by atoms with E-state index < -0.39 is 0 Å². The normalized spacial score (nSPS) is 30.0. The summed E-state index contributed by atoms with van der Waals surface area (Å²) < 4.78 is 0. The maximum Gasteiger partial charge on any atom is 0.157 e. The summed E-state index contributed by atoms with van der Waals surface area (Å²) in [5.41, 5.74) is 0. The largest absolute Gasteiger partial charge is 0.361 e. The van der Waals surface area contributed by atoms with Crippen molar-refractivity contribution in [2.75, 3.05) is 26.7 Å². The highest BCUT2D eigenvalue weighted by Crippen LogP contribution is 2.30. The monoisotopic (exact) mass is 255 g/mol. The third-order valence-electron chi connectivity index (χ3n) is 3.97. The van der Waals surface area contributed by atoms with Gasteiger partial charge in [0.25, 0.3) is 0 Å². The first-order valence-electron chi connectivity index (χ1n) is 6.89. The molecular formula is C13H25N3S. The van der Waals surface area contributed by atoms with Crippen molar-refractivity contribution in [1.82, 2.24) is 10.2 Å². The SMILES string of the molecule is CCC(CC)C1CN=C(NC2CCN(C)C2)S1. The van der Waals surface area contributed by atoms with Crippen LogP contribution in [-0.2, 0) is 0 Å². The van der Waals surface area contributed by atoms with Crippen LogP contribution in [0.4, 0.5) is 0 Å². The van der Waals surface area contributed by atoms with E-state index in [1.54, 1.807) is 0 Å². The summed E-state index contributed by atoms with van der Waals surface area (Å²) in [6.45, 7) is 7.99. The lowest BCUT2D eigenvalue weighted by atomic mass is 9.99. The van der Waals surface area contributed by atoms with Gasteiger partial charge in [0.1, 0.15) is 0 Å². The van der Waals surface area contributed by atoms with Gasteiger partial charge in [0.15, 0.2) is 5.17 Å². The molecule has 98 valence electrons. The molecule has 2 unspecified atom stereocenters. The van der Waals surface area contributed by atoms with E-state index in [4.69, 9.17) is 0 Å². The topological polar surface area (TPSA) is 27.6 Å². The van der Waals surface area contributed by atoms with Crippen LogP contribution in [0.3, 0.4) is 0 Å². The molecule has 0 radical (unpaired) electrons. The lowest BCUT2D eigenvalue weighted by Crippen LogP contribution is -2.34. The number of amidine groups is 1. The van der Waals surface area contributed by atoms with Crippen molar-refractivity contribution in [2.45, 2.75) is 44.4 Å². The van der Waals surface area contributed by atoms with Gasteiger partial charge in [-0.05, 0) is 25.9 Å². The lowest BCUT2D eigenvalue weighted by molar-refractivity contribution is 0.407. The fraction of sp³-hybridized carbons (Fsp3) is 0.923. The second kappa shape index (κ2) is 6.10. The standard InChI is InChI=1S/C13H25N3S/c1-4-10(5-2)12-8-14-13(17-12)15-11-6-7-16(3)9-11/h10-12H,4-9H2,1-3H3,(H,14,15). The van der Waals surface area contributed by atoms with E-state index in [-0.39, 0.29) is 0 Å². The number of likely N-dealkylation sites (tertiary alicyclic amines) is 1. The minimum atomic E-state index is 0.617. The van der Waals surface area contributed by atoms with E-state index in [9.17, 15) is 0 Å². The fourth-order valence-electron chi connectivity index (χ4n) is 2.76. The van der Waals surface area contributed by atoms with Crippen LogP contribution < -0.4 is 5.32 Å². The van der Waals surface area contributed by atoms with Crippen molar-refractivity contribution in [1.29, 1.82) is 0 Å². The van der Waals surface area contributed by atoms with Crippen LogP contribution in [0.5, 0.6) is 0 Å². The summed E-state index contributed by atoms with van der Waals surface area (Å²) in [5.74, 6) is 0.828. The molecule has 2 aliphatic heterocycles. The molecule has 17 heavy (non-hydrogen) atoms. The zero-order valence-electron chi connectivity index (χ0n) is 11.3. The van der Waals surface area contributed by atoms with Gasteiger partial charge in [0, 0.05) is 17.8 Å². The molecule has 1 saturated heterocycles. The van der Waals surface area contributed by atoms with Crippen molar-refractivity contribution in [2.24, 2.45) is 10.9 Å². The van der Waals surface area contributed by atoms with Gasteiger partial charge >= 0.3 is 0 Å². The number of aliphatic imine (C=N–C) groups is 1. The quantitative estimate of drug-likeness (QED) is 0.834. The second-order valence-electron chi connectivity index (χ2n) is 5.27. The van der Waals surface area contributed by atoms with Crippen molar-refractivity contribution in [3.8, 4) is 0 Å². The van der Waals surface area contributed by atoms with Gasteiger partial charge in [-0.2, -0.15) is 0 Å². The number of hydrogen-bond acceptors (Lipinski definition) is 4. The van der Waals surface area contributed by atoms with Gasteiger partial charge < -0.3 is 10.2 Å². The molecule has 2 aliphatic rings. The molecule has 0 saturated carbocycles. The molecule has 1 fully saturated rings. The third kappa shape index (κ3) is 3.38. The Bertz CT molecular complexity index is 276. The van der Waals surface area contributed by atoms with Gasteiger partial charge in [0.2, 0.25) is 0 Å². The summed E-state index contributed by atoms with van der Waals surface area (Å²) in [7, 11) is 2.19. The van der Waals surface area contributed by atoms with Crippen LogP contribution in [0.25, 0.3) is 0 Å². The zero-order valence-corrected chi connectivity index (χ0v) is 12.1. The summed E-state index contributed by atoms with van der Waals surface area (Å²) in [4.78, 5) is 7.06. The highest BCUT2D eigenvalue weighted by Gasteiger charge is 2.28. The highest BCUT2D eigenvalue weighted by molar-refractivity contribution is 8.14. The van der Waals surface area contributed by atoms with Gasteiger partial charge in [-0.3, -0.25) is 4.99 Å². The Morgan fingerprint density at radius 2 is 2.24 bits per heavy atom. The van der Waals surface area contributed by atoms with Gasteiger partial charge in [-0.1, -0.05) is 38.5 Å². The molecule has 2 atom stereocenters. The van der Waals surface area contributed by atoms with Crippen LogP contribution in [0.2, 0.25) is 0 Å². The molecule has 1 N–H and O–H groups in total.